The fourth-order valence-electron chi connectivity index (χ4n) is 4.28. The van der Waals surface area contributed by atoms with E-state index in [0.29, 0.717) is 24.4 Å². The molecule has 7 nitrogen and oxygen atoms in total. The van der Waals surface area contributed by atoms with Gasteiger partial charge >= 0.3 is 0 Å². The van der Waals surface area contributed by atoms with Crippen molar-refractivity contribution in [1.82, 2.24) is 19.9 Å². The van der Waals surface area contributed by atoms with E-state index in [0.717, 1.165) is 29.4 Å². The van der Waals surface area contributed by atoms with Crippen LogP contribution in [0, 0.1) is 11.9 Å². The zero-order valence-corrected chi connectivity index (χ0v) is 18.0. The van der Waals surface area contributed by atoms with Crippen molar-refractivity contribution in [3.63, 3.8) is 0 Å². The van der Waals surface area contributed by atoms with E-state index < -0.39 is 11.5 Å². The number of fused-ring (bicyclic) bond motifs is 1. The third-order valence-corrected chi connectivity index (χ3v) is 6.17. The van der Waals surface area contributed by atoms with E-state index in [1.165, 1.54) is 18.3 Å². The van der Waals surface area contributed by atoms with Gasteiger partial charge in [-0.05, 0) is 62.4 Å². The number of hydrogen-bond acceptors (Lipinski definition) is 4. The Morgan fingerprint density at radius 1 is 1.25 bits per heavy atom. The topological polar surface area (TPSA) is 91.0 Å². The molecule has 3 aromatic heterocycles. The van der Waals surface area contributed by atoms with Crippen molar-refractivity contribution in [2.24, 2.45) is 5.92 Å². The molecule has 0 bridgehead atoms. The second-order valence-corrected chi connectivity index (χ2v) is 9.06. The predicted molar refractivity (Wildman–Crippen MR) is 119 cm³/mol. The summed E-state index contributed by atoms with van der Waals surface area (Å²) in [4.78, 5) is 38.3. The molecule has 1 aliphatic heterocycles. The highest BCUT2D eigenvalue weighted by Crippen LogP contribution is 2.38. The first-order chi connectivity index (χ1) is 15.3. The third-order valence-electron chi connectivity index (χ3n) is 6.17. The fraction of sp³-hybridized carbons (Fsp3) is 0.333. The predicted octanol–water partition coefficient (Wildman–Crippen LogP) is 4.15. The number of nitrogens with one attached hydrogen (secondary N) is 2. The summed E-state index contributed by atoms with van der Waals surface area (Å²) in [5.74, 6) is -0.283. The number of H-pyrrole nitrogens is 1. The maximum absolute atomic E-state index is 13.5. The van der Waals surface area contributed by atoms with Crippen molar-refractivity contribution in [2.75, 3.05) is 11.9 Å². The number of carbonyl (C=O) groups excluding carboxylic acids is 2. The number of hydrogen-bond donors (Lipinski definition) is 2. The third kappa shape index (κ3) is 3.77. The molecule has 1 aliphatic carbocycles. The van der Waals surface area contributed by atoms with Crippen LogP contribution in [0.4, 0.5) is 10.2 Å². The Morgan fingerprint density at radius 2 is 2.06 bits per heavy atom. The lowest BCUT2D eigenvalue weighted by Gasteiger charge is -2.42. The maximum Gasteiger partial charge on any atom is 0.254 e. The molecule has 4 heterocycles. The highest BCUT2D eigenvalue weighted by atomic mass is 19.1. The minimum Gasteiger partial charge on any atom is -0.346 e. The number of pyridine rings is 2. The molecule has 0 saturated heterocycles. The van der Waals surface area contributed by atoms with Crippen LogP contribution in [0.5, 0.6) is 0 Å². The van der Waals surface area contributed by atoms with Crippen LogP contribution in [0.15, 0.2) is 42.7 Å². The molecule has 3 aromatic rings. The summed E-state index contributed by atoms with van der Waals surface area (Å²) in [7, 11) is 0. The summed E-state index contributed by atoms with van der Waals surface area (Å²) >= 11 is 0. The lowest BCUT2D eigenvalue weighted by molar-refractivity contribution is -0.117. The molecule has 8 heteroatoms. The Hall–Kier alpha value is -3.55. The van der Waals surface area contributed by atoms with Gasteiger partial charge in [-0.15, -0.1) is 0 Å². The fourth-order valence-corrected chi connectivity index (χ4v) is 4.28. The number of carbonyl (C=O) groups is 2. The van der Waals surface area contributed by atoms with Crippen LogP contribution in [-0.2, 0) is 4.79 Å². The molecular formula is C24H24FN5O2. The van der Waals surface area contributed by atoms with Crippen LogP contribution in [0.25, 0.3) is 16.6 Å². The van der Waals surface area contributed by atoms with Gasteiger partial charge < -0.3 is 15.2 Å². The summed E-state index contributed by atoms with van der Waals surface area (Å²) in [6.45, 7) is 4.39. The van der Waals surface area contributed by atoms with Gasteiger partial charge in [-0.3, -0.25) is 9.59 Å². The summed E-state index contributed by atoms with van der Waals surface area (Å²) in [5, 5.41) is 3.90. The van der Waals surface area contributed by atoms with Gasteiger partial charge in [0.25, 0.3) is 5.91 Å². The number of aromatic nitrogens is 3. The lowest BCUT2D eigenvalue weighted by Crippen LogP contribution is -2.50. The van der Waals surface area contributed by atoms with Crippen LogP contribution in [0.1, 0.15) is 49.0 Å². The summed E-state index contributed by atoms with van der Waals surface area (Å²) in [5.41, 5.74) is 2.55. The van der Waals surface area contributed by atoms with Crippen LogP contribution in [-0.4, -0.2) is 43.7 Å². The van der Waals surface area contributed by atoms with E-state index >= 15 is 0 Å². The Morgan fingerprint density at radius 3 is 2.78 bits per heavy atom. The first kappa shape index (κ1) is 20.4. The SMILES string of the molecule is CC1(C)CC(c2cc(NC(=O)C3CC3)nc3[nH]ccc23)=CCN1C(=O)c1ccnc(F)c1. The molecule has 2 aliphatic rings. The first-order valence-corrected chi connectivity index (χ1v) is 10.7. The second-order valence-electron chi connectivity index (χ2n) is 9.06. The van der Waals surface area contributed by atoms with Gasteiger partial charge in [0.05, 0.1) is 0 Å². The number of rotatable bonds is 4. The van der Waals surface area contributed by atoms with Crippen molar-refractivity contribution in [2.45, 2.75) is 38.6 Å². The molecule has 0 spiro atoms. The lowest BCUT2D eigenvalue weighted by atomic mass is 9.84. The van der Waals surface area contributed by atoms with Gasteiger partial charge in [0.2, 0.25) is 11.9 Å². The number of nitrogens with zero attached hydrogens (tertiary/aromatic N) is 3. The smallest absolute Gasteiger partial charge is 0.254 e. The first-order valence-electron chi connectivity index (χ1n) is 10.7. The van der Waals surface area contributed by atoms with Crippen molar-refractivity contribution < 1.29 is 14.0 Å². The molecule has 0 atom stereocenters. The number of halogens is 1. The number of aromatic amines is 1. The monoisotopic (exact) mass is 433 g/mol. The normalized spacial score (nSPS) is 17.8. The van der Waals surface area contributed by atoms with Crippen molar-refractivity contribution in [1.29, 1.82) is 0 Å². The number of anilines is 1. The molecule has 2 N–H and O–H groups in total. The average molecular weight is 433 g/mol. The Bertz CT molecular complexity index is 1260. The average Bonchev–Trinajstić information content (AvgIpc) is 3.50. The van der Waals surface area contributed by atoms with Crippen molar-refractivity contribution in [3.05, 3.63) is 59.8 Å². The van der Waals surface area contributed by atoms with E-state index in [9.17, 15) is 14.0 Å². The zero-order valence-electron chi connectivity index (χ0n) is 18.0. The second kappa shape index (κ2) is 7.55. The highest BCUT2D eigenvalue weighted by Gasteiger charge is 2.36. The van der Waals surface area contributed by atoms with Gasteiger partial charge in [0, 0.05) is 47.4 Å². The highest BCUT2D eigenvalue weighted by molar-refractivity contribution is 5.98. The molecule has 1 saturated carbocycles. The van der Waals surface area contributed by atoms with E-state index in [-0.39, 0.29) is 23.3 Å². The van der Waals surface area contributed by atoms with Gasteiger partial charge in [-0.1, -0.05) is 6.08 Å². The van der Waals surface area contributed by atoms with E-state index in [4.69, 9.17) is 0 Å². The van der Waals surface area contributed by atoms with E-state index in [1.54, 1.807) is 4.90 Å². The number of amides is 2. The van der Waals surface area contributed by atoms with Crippen molar-refractivity contribution >= 4 is 34.2 Å². The van der Waals surface area contributed by atoms with Gasteiger partial charge in [-0.25, -0.2) is 9.97 Å². The van der Waals surface area contributed by atoms with E-state index in [2.05, 4.69) is 20.3 Å². The van der Waals surface area contributed by atoms with Gasteiger partial charge in [0.1, 0.15) is 11.5 Å². The molecule has 2 amide bonds. The largest absolute Gasteiger partial charge is 0.346 e. The maximum atomic E-state index is 13.5. The Balaban J connectivity index is 1.47. The van der Waals surface area contributed by atoms with Crippen LogP contribution < -0.4 is 5.32 Å². The van der Waals surface area contributed by atoms with Crippen LogP contribution in [0.2, 0.25) is 0 Å². The standard InChI is InChI=1S/C24H24FN5O2/c1-24(2)13-16(7-10-30(24)23(32)15-5-8-26-19(25)11-15)18-12-20(29-22(31)14-3-4-14)28-21-17(18)6-9-27-21/h5-9,11-12,14H,3-4,10,13H2,1-2H3,(H2,27,28,29,31). The molecule has 5 rings (SSSR count). The Kier molecular flexibility index (Phi) is 4.80. The summed E-state index contributed by atoms with van der Waals surface area (Å²) < 4.78 is 13.5. The molecule has 1 fully saturated rings. The summed E-state index contributed by atoms with van der Waals surface area (Å²) in [6.07, 6.45) is 7.61. The Labute approximate surface area is 184 Å². The molecule has 0 aromatic carbocycles. The van der Waals surface area contributed by atoms with Crippen LogP contribution in [0.3, 0.4) is 0 Å². The van der Waals surface area contributed by atoms with Gasteiger partial charge in [0.15, 0.2) is 0 Å². The molecular weight excluding hydrogens is 409 g/mol. The molecule has 0 radical (unpaired) electrons. The minimum absolute atomic E-state index is 0.00802. The van der Waals surface area contributed by atoms with Crippen LogP contribution >= 0.6 is 0 Å². The van der Waals surface area contributed by atoms with Gasteiger partial charge in [-0.2, -0.15) is 4.39 Å². The minimum atomic E-state index is -0.672. The summed E-state index contributed by atoms with van der Waals surface area (Å²) in [6, 6.07) is 6.57. The van der Waals surface area contributed by atoms with E-state index in [1.807, 2.05) is 38.3 Å². The zero-order chi connectivity index (χ0) is 22.5. The molecule has 32 heavy (non-hydrogen) atoms. The molecule has 0 unspecified atom stereocenters. The van der Waals surface area contributed by atoms with Crippen molar-refractivity contribution in [3.8, 4) is 0 Å². The quantitative estimate of drug-likeness (QED) is 0.605. The molecule has 164 valence electrons.